The number of nitrogens with zero attached hydrogens (tertiary/aromatic N) is 1. The van der Waals surface area contributed by atoms with E-state index in [2.05, 4.69) is 18.7 Å². The van der Waals surface area contributed by atoms with Crippen LogP contribution in [0.15, 0.2) is 12.1 Å². The van der Waals surface area contributed by atoms with Crippen LogP contribution in [0.3, 0.4) is 0 Å². The normalized spacial score (nSPS) is 12.7. The Kier molecular flexibility index (Phi) is 6.42. The van der Waals surface area contributed by atoms with Crippen molar-refractivity contribution in [1.29, 1.82) is 0 Å². The zero-order chi connectivity index (χ0) is 14.4. The summed E-state index contributed by atoms with van der Waals surface area (Å²) >= 11 is 6.03. The first-order valence-corrected chi connectivity index (χ1v) is 6.69. The molecule has 0 saturated carbocycles. The van der Waals surface area contributed by atoms with Gasteiger partial charge < -0.3 is 14.6 Å². The molecular formula is C14H22ClNO3. The summed E-state index contributed by atoms with van der Waals surface area (Å²) in [5, 5.41) is 10.7. The third-order valence-corrected chi connectivity index (χ3v) is 3.37. The molecule has 0 aliphatic heterocycles. The van der Waals surface area contributed by atoms with Crippen LogP contribution in [0.25, 0.3) is 0 Å². The molecule has 0 saturated heterocycles. The highest BCUT2D eigenvalue weighted by Gasteiger charge is 2.16. The lowest BCUT2D eigenvalue weighted by molar-refractivity contribution is 0.0976. The summed E-state index contributed by atoms with van der Waals surface area (Å²) in [6.45, 7) is 6.27. The molecule has 108 valence electrons. The molecule has 1 N–H and O–H groups in total. The minimum Gasteiger partial charge on any atom is -0.504 e. The standard InChI is InChI=1S/C14H22ClNO3/c1-5-16(10(2)9-18-3)8-11-6-12(15)7-13(19-4)14(11)17/h6-7,10,17H,5,8-9H2,1-4H3. The number of ether oxygens (including phenoxy) is 2. The first kappa shape index (κ1) is 16.1. The van der Waals surface area contributed by atoms with E-state index in [4.69, 9.17) is 21.1 Å². The second kappa shape index (κ2) is 7.58. The van der Waals surface area contributed by atoms with Crippen LogP contribution in [0.2, 0.25) is 5.02 Å². The SMILES string of the molecule is CCN(Cc1cc(Cl)cc(OC)c1O)C(C)COC. The molecule has 0 heterocycles. The number of rotatable bonds is 7. The van der Waals surface area contributed by atoms with E-state index >= 15 is 0 Å². The van der Waals surface area contributed by atoms with Gasteiger partial charge in [0, 0.05) is 36.3 Å². The molecule has 19 heavy (non-hydrogen) atoms. The molecular weight excluding hydrogens is 266 g/mol. The van der Waals surface area contributed by atoms with Gasteiger partial charge in [0.2, 0.25) is 0 Å². The van der Waals surface area contributed by atoms with E-state index in [1.165, 1.54) is 7.11 Å². The monoisotopic (exact) mass is 287 g/mol. The van der Waals surface area contributed by atoms with Gasteiger partial charge in [-0.15, -0.1) is 0 Å². The van der Waals surface area contributed by atoms with Crippen LogP contribution in [-0.4, -0.2) is 43.4 Å². The van der Waals surface area contributed by atoms with Gasteiger partial charge in [-0.05, 0) is 19.5 Å². The predicted molar refractivity (Wildman–Crippen MR) is 77.1 cm³/mol. The van der Waals surface area contributed by atoms with Gasteiger partial charge >= 0.3 is 0 Å². The van der Waals surface area contributed by atoms with Crippen LogP contribution < -0.4 is 4.74 Å². The van der Waals surface area contributed by atoms with E-state index in [0.29, 0.717) is 23.9 Å². The van der Waals surface area contributed by atoms with Gasteiger partial charge in [0.25, 0.3) is 0 Å². The zero-order valence-electron chi connectivity index (χ0n) is 11.9. The number of hydrogen-bond acceptors (Lipinski definition) is 4. The molecule has 1 rings (SSSR count). The van der Waals surface area contributed by atoms with Crippen LogP contribution in [0.1, 0.15) is 19.4 Å². The van der Waals surface area contributed by atoms with E-state index in [1.807, 2.05) is 0 Å². The van der Waals surface area contributed by atoms with E-state index in [1.54, 1.807) is 19.2 Å². The molecule has 5 heteroatoms. The van der Waals surface area contributed by atoms with E-state index in [9.17, 15) is 5.11 Å². The molecule has 0 spiro atoms. The minimum absolute atomic E-state index is 0.148. The summed E-state index contributed by atoms with van der Waals surface area (Å²) in [5.74, 6) is 0.549. The maximum absolute atomic E-state index is 10.1. The molecule has 0 radical (unpaired) electrons. The number of likely N-dealkylation sites (N-methyl/N-ethyl adjacent to an activating group) is 1. The van der Waals surface area contributed by atoms with E-state index in [-0.39, 0.29) is 11.8 Å². The number of halogens is 1. The molecule has 0 aliphatic rings. The topological polar surface area (TPSA) is 41.9 Å². The highest BCUT2D eigenvalue weighted by Crippen LogP contribution is 2.34. The molecule has 0 bridgehead atoms. The summed E-state index contributed by atoms with van der Waals surface area (Å²) in [6, 6.07) is 3.64. The molecule has 0 aliphatic carbocycles. The van der Waals surface area contributed by atoms with Crippen molar-refractivity contribution in [3.63, 3.8) is 0 Å². The first-order chi connectivity index (χ1) is 9.03. The summed E-state index contributed by atoms with van der Waals surface area (Å²) in [4.78, 5) is 2.20. The van der Waals surface area contributed by atoms with Gasteiger partial charge in [-0.2, -0.15) is 0 Å². The van der Waals surface area contributed by atoms with Crippen molar-refractivity contribution in [3.8, 4) is 11.5 Å². The van der Waals surface area contributed by atoms with Gasteiger partial charge in [0.1, 0.15) is 0 Å². The van der Waals surface area contributed by atoms with Crippen LogP contribution in [0.4, 0.5) is 0 Å². The van der Waals surface area contributed by atoms with Crippen molar-refractivity contribution in [1.82, 2.24) is 4.90 Å². The van der Waals surface area contributed by atoms with Gasteiger partial charge in [0.05, 0.1) is 13.7 Å². The third-order valence-electron chi connectivity index (χ3n) is 3.15. The highest BCUT2D eigenvalue weighted by molar-refractivity contribution is 6.30. The van der Waals surface area contributed by atoms with E-state index < -0.39 is 0 Å². The van der Waals surface area contributed by atoms with Crippen molar-refractivity contribution in [3.05, 3.63) is 22.7 Å². The lowest BCUT2D eigenvalue weighted by Gasteiger charge is -2.27. The smallest absolute Gasteiger partial charge is 0.162 e. The van der Waals surface area contributed by atoms with Gasteiger partial charge in [-0.25, -0.2) is 0 Å². The summed E-state index contributed by atoms with van der Waals surface area (Å²) < 4.78 is 10.3. The minimum atomic E-state index is 0.148. The fourth-order valence-corrected chi connectivity index (χ4v) is 2.28. The third kappa shape index (κ3) is 4.27. The number of hydrogen-bond donors (Lipinski definition) is 1. The number of phenolic OH excluding ortho intramolecular Hbond substituents is 1. The molecule has 0 aromatic heterocycles. The largest absolute Gasteiger partial charge is 0.504 e. The zero-order valence-corrected chi connectivity index (χ0v) is 12.7. The van der Waals surface area contributed by atoms with Crippen molar-refractivity contribution in [2.75, 3.05) is 27.4 Å². The van der Waals surface area contributed by atoms with Crippen LogP contribution in [0, 0.1) is 0 Å². The summed E-state index contributed by atoms with van der Waals surface area (Å²) in [6.07, 6.45) is 0. The number of benzene rings is 1. The highest BCUT2D eigenvalue weighted by atomic mass is 35.5. The molecule has 1 atom stereocenters. The maximum atomic E-state index is 10.1. The number of methoxy groups -OCH3 is 2. The Hall–Kier alpha value is -0.970. The van der Waals surface area contributed by atoms with Crippen molar-refractivity contribution < 1.29 is 14.6 Å². The van der Waals surface area contributed by atoms with Crippen molar-refractivity contribution in [2.24, 2.45) is 0 Å². The molecule has 1 aromatic rings. The summed E-state index contributed by atoms with van der Waals surface area (Å²) in [5.41, 5.74) is 0.758. The quantitative estimate of drug-likeness (QED) is 0.837. The molecule has 1 aromatic carbocycles. The molecule has 1 unspecified atom stereocenters. The van der Waals surface area contributed by atoms with E-state index in [0.717, 1.165) is 12.1 Å². The van der Waals surface area contributed by atoms with Gasteiger partial charge in [-0.1, -0.05) is 18.5 Å². The number of phenols is 1. The Morgan fingerprint density at radius 1 is 1.37 bits per heavy atom. The fourth-order valence-electron chi connectivity index (χ4n) is 2.05. The lowest BCUT2D eigenvalue weighted by Crippen LogP contribution is -2.35. The molecule has 0 amide bonds. The van der Waals surface area contributed by atoms with Gasteiger partial charge in [-0.3, -0.25) is 4.90 Å². The molecule has 4 nitrogen and oxygen atoms in total. The average Bonchev–Trinajstić information content (AvgIpc) is 2.39. The Labute approximate surface area is 119 Å². The Morgan fingerprint density at radius 2 is 2.05 bits per heavy atom. The Morgan fingerprint density at radius 3 is 2.58 bits per heavy atom. The second-order valence-corrected chi connectivity index (χ2v) is 4.92. The van der Waals surface area contributed by atoms with Crippen LogP contribution in [0.5, 0.6) is 11.5 Å². The van der Waals surface area contributed by atoms with Crippen molar-refractivity contribution in [2.45, 2.75) is 26.4 Å². The predicted octanol–water partition coefficient (Wildman–Crippen LogP) is 2.91. The number of aromatic hydroxyl groups is 1. The summed E-state index contributed by atoms with van der Waals surface area (Å²) in [7, 11) is 3.20. The Bertz CT molecular complexity index is 412. The maximum Gasteiger partial charge on any atom is 0.162 e. The molecule has 0 fully saturated rings. The second-order valence-electron chi connectivity index (χ2n) is 4.48. The Balaban J connectivity index is 2.93. The van der Waals surface area contributed by atoms with Crippen molar-refractivity contribution >= 4 is 11.6 Å². The fraction of sp³-hybridized carbons (Fsp3) is 0.571. The van der Waals surface area contributed by atoms with Gasteiger partial charge in [0.15, 0.2) is 11.5 Å². The van der Waals surface area contributed by atoms with Crippen LogP contribution >= 0.6 is 11.6 Å². The van der Waals surface area contributed by atoms with Crippen LogP contribution in [-0.2, 0) is 11.3 Å². The first-order valence-electron chi connectivity index (χ1n) is 6.31. The average molecular weight is 288 g/mol. The lowest BCUT2D eigenvalue weighted by atomic mass is 10.1.